The second-order valence-corrected chi connectivity index (χ2v) is 14.4. The molecule has 1 aliphatic heterocycles. The van der Waals surface area contributed by atoms with Crippen LogP contribution in [0.2, 0.25) is 0 Å². The minimum atomic E-state index is -3.76. The number of carbonyl (C=O) groups is 1. The van der Waals surface area contributed by atoms with E-state index < -0.39 is 10.0 Å². The Hall–Kier alpha value is -3.90. The Labute approximate surface area is 269 Å². The number of aliphatic hydroxyl groups is 1. The van der Waals surface area contributed by atoms with Gasteiger partial charge in [-0.25, -0.2) is 8.42 Å². The van der Waals surface area contributed by atoms with Gasteiger partial charge in [-0.05, 0) is 73.4 Å². The number of likely N-dealkylation sites (N-methyl/N-ethyl adjacent to an activating group) is 1. The quantitative estimate of drug-likeness (QED) is 0.217. The van der Waals surface area contributed by atoms with Gasteiger partial charge < -0.3 is 19.5 Å². The van der Waals surface area contributed by atoms with Gasteiger partial charge in [0.05, 0.1) is 19.1 Å². The molecular formula is C34H39N3O6S2. The van der Waals surface area contributed by atoms with Gasteiger partial charge in [0.1, 0.15) is 27.6 Å². The minimum absolute atomic E-state index is 0.0148. The molecule has 0 unspecified atom stereocenters. The number of hydrogen-bond donors (Lipinski definition) is 2. The molecule has 1 amide bonds. The van der Waals surface area contributed by atoms with Crippen LogP contribution in [0, 0.1) is 5.92 Å². The Morgan fingerprint density at radius 3 is 2.49 bits per heavy atom. The average Bonchev–Trinajstić information content (AvgIpc) is 3.58. The van der Waals surface area contributed by atoms with E-state index in [4.69, 9.17) is 9.47 Å². The molecule has 5 rings (SSSR count). The van der Waals surface area contributed by atoms with E-state index in [0.29, 0.717) is 36.6 Å². The van der Waals surface area contributed by atoms with E-state index in [2.05, 4.69) is 9.62 Å². The lowest BCUT2D eigenvalue weighted by Crippen LogP contribution is -2.47. The first kappa shape index (κ1) is 32.5. The normalized spacial score (nSPS) is 17.9. The van der Waals surface area contributed by atoms with Crippen LogP contribution < -0.4 is 14.2 Å². The lowest BCUT2D eigenvalue weighted by molar-refractivity contribution is -0.134. The van der Waals surface area contributed by atoms with E-state index in [0.717, 1.165) is 28.4 Å². The Bertz CT molecular complexity index is 1660. The van der Waals surface area contributed by atoms with Crippen LogP contribution in [0.15, 0.2) is 94.5 Å². The summed E-state index contributed by atoms with van der Waals surface area (Å²) in [5, 5.41) is 11.6. The number of ether oxygens (including phenoxy) is 2. The highest BCUT2D eigenvalue weighted by Gasteiger charge is 2.31. The number of anilines is 1. The van der Waals surface area contributed by atoms with Crippen LogP contribution in [0.25, 0.3) is 0 Å². The van der Waals surface area contributed by atoms with Gasteiger partial charge in [0.2, 0.25) is 5.91 Å². The molecule has 9 nitrogen and oxygen atoms in total. The number of nitrogens with zero attached hydrogens (tertiary/aromatic N) is 2. The monoisotopic (exact) mass is 649 g/mol. The zero-order valence-electron chi connectivity index (χ0n) is 25.6. The van der Waals surface area contributed by atoms with Gasteiger partial charge in [0, 0.05) is 36.8 Å². The number of aliphatic hydroxyl groups excluding tert-OH is 1. The topological polar surface area (TPSA) is 108 Å². The molecule has 4 aromatic rings. The summed E-state index contributed by atoms with van der Waals surface area (Å²) in [6.45, 7) is 5.36. The van der Waals surface area contributed by atoms with Gasteiger partial charge in [0.15, 0.2) is 0 Å². The maximum atomic E-state index is 13.5. The van der Waals surface area contributed by atoms with E-state index >= 15 is 0 Å². The molecule has 45 heavy (non-hydrogen) atoms. The number of sulfonamides is 1. The van der Waals surface area contributed by atoms with Gasteiger partial charge in [0.25, 0.3) is 10.0 Å². The number of benzene rings is 3. The van der Waals surface area contributed by atoms with E-state index in [1.807, 2.05) is 75.5 Å². The Balaban J connectivity index is 1.34. The lowest BCUT2D eigenvalue weighted by Gasteiger charge is -2.34. The second-order valence-electron chi connectivity index (χ2n) is 11.5. The molecule has 0 aliphatic carbocycles. The van der Waals surface area contributed by atoms with Crippen molar-refractivity contribution in [1.29, 1.82) is 0 Å². The van der Waals surface area contributed by atoms with Crippen molar-refractivity contribution in [1.82, 2.24) is 9.80 Å². The summed E-state index contributed by atoms with van der Waals surface area (Å²) in [7, 11) is -1.73. The zero-order valence-corrected chi connectivity index (χ0v) is 27.3. The van der Waals surface area contributed by atoms with Crippen LogP contribution in [0.5, 0.6) is 17.2 Å². The zero-order chi connectivity index (χ0) is 32.0. The molecule has 0 spiro atoms. The lowest BCUT2D eigenvalue weighted by atomic mass is 10.0. The van der Waals surface area contributed by atoms with Crippen molar-refractivity contribution in [2.24, 2.45) is 5.92 Å². The largest absolute Gasteiger partial charge is 0.488 e. The molecule has 0 bridgehead atoms. The predicted molar refractivity (Wildman–Crippen MR) is 176 cm³/mol. The Morgan fingerprint density at radius 2 is 1.80 bits per heavy atom. The second kappa shape index (κ2) is 14.5. The highest BCUT2D eigenvalue weighted by molar-refractivity contribution is 7.94. The summed E-state index contributed by atoms with van der Waals surface area (Å²) in [6.07, 6.45) is -0.275. The summed E-state index contributed by atoms with van der Waals surface area (Å²) < 4.78 is 41.1. The predicted octanol–water partition coefficient (Wildman–Crippen LogP) is 5.62. The SMILES string of the molecule is C[C@H](CO)N1C[C@H](C)[C@H](CN(C)Cc2ccc(Oc3ccccc3)cc2)Oc2ccc(NS(=O)(=O)c3cccs3)cc2CC1=O. The molecule has 1 aromatic heterocycles. The number of nitrogens with one attached hydrogen (secondary N) is 1. The molecular weight excluding hydrogens is 611 g/mol. The summed E-state index contributed by atoms with van der Waals surface area (Å²) >= 11 is 1.13. The van der Waals surface area contributed by atoms with Crippen LogP contribution in [0.4, 0.5) is 5.69 Å². The molecule has 3 atom stereocenters. The fraction of sp³-hybridized carbons (Fsp3) is 0.324. The maximum absolute atomic E-state index is 13.5. The highest BCUT2D eigenvalue weighted by atomic mass is 32.2. The van der Waals surface area contributed by atoms with Gasteiger partial charge in [-0.2, -0.15) is 0 Å². The number of amides is 1. The third kappa shape index (κ3) is 8.43. The summed E-state index contributed by atoms with van der Waals surface area (Å²) in [5.41, 5.74) is 2.04. The van der Waals surface area contributed by atoms with Gasteiger partial charge in [-0.15, -0.1) is 11.3 Å². The Morgan fingerprint density at radius 1 is 1.07 bits per heavy atom. The van der Waals surface area contributed by atoms with Crippen LogP contribution in [0.3, 0.4) is 0 Å². The molecule has 0 saturated carbocycles. The number of rotatable bonds is 11. The van der Waals surface area contributed by atoms with Crippen LogP contribution in [0.1, 0.15) is 25.0 Å². The van der Waals surface area contributed by atoms with Gasteiger partial charge in [-0.3, -0.25) is 14.4 Å². The fourth-order valence-electron chi connectivity index (χ4n) is 5.30. The van der Waals surface area contributed by atoms with Crippen molar-refractivity contribution >= 4 is 33.0 Å². The first-order valence-electron chi connectivity index (χ1n) is 14.9. The fourth-order valence-corrected chi connectivity index (χ4v) is 7.35. The molecule has 0 fully saturated rings. The highest BCUT2D eigenvalue weighted by Crippen LogP contribution is 2.31. The molecule has 3 aromatic carbocycles. The number of thiophene rings is 1. The van der Waals surface area contributed by atoms with Crippen molar-refractivity contribution in [3.05, 3.63) is 101 Å². The smallest absolute Gasteiger partial charge is 0.271 e. The maximum Gasteiger partial charge on any atom is 0.271 e. The molecule has 1 aliphatic rings. The average molecular weight is 650 g/mol. The van der Waals surface area contributed by atoms with Gasteiger partial charge in [-0.1, -0.05) is 43.3 Å². The van der Waals surface area contributed by atoms with Crippen LogP contribution in [-0.4, -0.2) is 68.1 Å². The standard InChI is InChI=1S/C34H39N3O6S2/c1-24-20-37(25(2)23-38)33(39)19-27-18-28(35-45(40,41)34-10-7-17-44-34)13-16-31(27)43-32(24)22-36(3)21-26-11-14-30(15-12-26)42-29-8-5-4-6-9-29/h4-18,24-25,32,35,38H,19-23H2,1-3H3/t24-,25+,32-/m0/s1. The minimum Gasteiger partial charge on any atom is -0.488 e. The van der Waals surface area contributed by atoms with Crippen molar-refractivity contribution in [2.75, 3.05) is 31.5 Å². The van der Waals surface area contributed by atoms with Crippen molar-refractivity contribution in [3.63, 3.8) is 0 Å². The van der Waals surface area contributed by atoms with Crippen LogP contribution >= 0.6 is 11.3 Å². The number of para-hydroxylation sites is 1. The Kier molecular flexibility index (Phi) is 10.4. The first-order chi connectivity index (χ1) is 21.6. The van der Waals surface area contributed by atoms with Gasteiger partial charge >= 0.3 is 0 Å². The van der Waals surface area contributed by atoms with Crippen molar-refractivity contribution in [3.8, 4) is 17.2 Å². The van der Waals surface area contributed by atoms with E-state index in [1.165, 1.54) is 0 Å². The summed E-state index contributed by atoms with van der Waals surface area (Å²) in [5.74, 6) is 1.86. The first-order valence-corrected chi connectivity index (χ1v) is 17.2. The van der Waals surface area contributed by atoms with E-state index in [-0.39, 0.29) is 41.2 Å². The van der Waals surface area contributed by atoms with Crippen molar-refractivity contribution < 1.29 is 27.8 Å². The molecule has 0 radical (unpaired) electrons. The molecule has 2 N–H and O–H groups in total. The number of fused-ring (bicyclic) bond motifs is 1. The molecule has 0 saturated heterocycles. The summed E-state index contributed by atoms with van der Waals surface area (Å²) in [4.78, 5) is 17.4. The number of hydrogen-bond acceptors (Lipinski definition) is 8. The number of carbonyl (C=O) groups excluding carboxylic acids is 1. The van der Waals surface area contributed by atoms with E-state index in [9.17, 15) is 18.3 Å². The van der Waals surface area contributed by atoms with Crippen LogP contribution in [-0.2, 0) is 27.8 Å². The van der Waals surface area contributed by atoms with E-state index in [1.54, 1.807) is 40.6 Å². The van der Waals surface area contributed by atoms with Crippen molar-refractivity contribution in [2.45, 2.75) is 43.2 Å². The molecule has 2 heterocycles. The molecule has 11 heteroatoms. The third-order valence-electron chi connectivity index (χ3n) is 7.78. The summed E-state index contributed by atoms with van der Waals surface area (Å²) in [6, 6.07) is 25.5. The molecule has 238 valence electrons. The third-order valence-corrected chi connectivity index (χ3v) is 10.6.